The van der Waals surface area contributed by atoms with Crippen molar-refractivity contribution in [1.82, 2.24) is 10.1 Å². The molecule has 0 saturated carbocycles. The quantitative estimate of drug-likeness (QED) is 0.750. The molecule has 0 unspecified atom stereocenters. The maximum atomic E-state index is 12.0. The minimum Gasteiger partial charge on any atom is -0.493 e. The molecule has 3 rings (SSSR count). The summed E-state index contributed by atoms with van der Waals surface area (Å²) in [5.74, 6) is 0.921. The van der Waals surface area contributed by atoms with E-state index in [0.717, 1.165) is 5.56 Å². The van der Waals surface area contributed by atoms with Gasteiger partial charge in [0.2, 0.25) is 5.88 Å². The smallest absolute Gasteiger partial charge is 0.264 e. The highest BCUT2D eigenvalue weighted by Gasteiger charge is 2.11. The van der Waals surface area contributed by atoms with Crippen LogP contribution >= 0.6 is 0 Å². The summed E-state index contributed by atoms with van der Waals surface area (Å²) in [4.78, 5) is 16.0. The van der Waals surface area contributed by atoms with Crippen molar-refractivity contribution in [2.45, 2.75) is 0 Å². The molecular weight excluding hydrogens is 310 g/mol. The summed E-state index contributed by atoms with van der Waals surface area (Å²) in [5.41, 5.74) is 1.39. The maximum absolute atomic E-state index is 12.0. The number of anilines is 1. The first-order valence-corrected chi connectivity index (χ1v) is 7.19. The van der Waals surface area contributed by atoms with Crippen molar-refractivity contribution in [3.8, 4) is 22.8 Å². The molecule has 7 heteroatoms. The number of carbonyl (C=O) groups is 1. The molecule has 2 heterocycles. The molecule has 0 atom stereocenters. The topological polar surface area (TPSA) is 86.5 Å². The van der Waals surface area contributed by atoms with Crippen LogP contribution in [-0.2, 0) is 4.79 Å². The van der Waals surface area contributed by atoms with Crippen molar-refractivity contribution >= 4 is 11.8 Å². The van der Waals surface area contributed by atoms with Gasteiger partial charge in [-0.15, -0.1) is 0 Å². The summed E-state index contributed by atoms with van der Waals surface area (Å²) in [6.45, 7) is -0.177. The first-order chi connectivity index (χ1) is 11.8. The van der Waals surface area contributed by atoms with Gasteiger partial charge in [-0.25, -0.2) is 0 Å². The third kappa shape index (κ3) is 3.70. The molecule has 0 aliphatic carbocycles. The van der Waals surface area contributed by atoms with Gasteiger partial charge in [0, 0.05) is 24.0 Å². The van der Waals surface area contributed by atoms with Crippen molar-refractivity contribution in [2.24, 2.45) is 0 Å². The Morgan fingerprint density at radius 3 is 2.79 bits per heavy atom. The van der Waals surface area contributed by atoms with E-state index in [0.29, 0.717) is 17.2 Å². The van der Waals surface area contributed by atoms with E-state index in [1.54, 1.807) is 42.7 Å². The van der Waals surface area contributed by atoms with Crippen LogP contribution in [0.25, 0.3) is 11.3 Å². The molecule has 1 aromatic carbocycles. The van der Waals surface area contributed by atoms with Gasteiger partial charge in [0.1, 0.15) is 5.69 Å². The van der Waals surface area contributed by atoms with Crippen molar-refractivity contribution in [3.63, 3.8) is 0 Å². The number of pyridine rings is 1. The zero-order valence-corrected chi connectivity index (χ0v) is 12.9. The first-order valence-electron chi connectivity index (χ1n) is 7.19. The van der Waals surface area contributed by atoms with Crippen molar-refractivity contribution in [1.29, 1.82) is 0 Å². The number of nitrogens with zero attached hydrogens (tertiary/aromatic N) is 2. The summed E-state index contributed by atoms with van der Waals surface area (Å²) < 4.78 is 15.7. The van der Waals surface area contributed by atoms with Crippen molar-refractivity contribution in [3.05, 3.63) is 54.9 Å². The number of amides is 1. The highest BCUT2D eigenvalue weighted by atomic mass is 16.5. The average molecular weight is 325 g/mol. The average Bonchev–Trinajstić information content (AvgIpc) is 3.09. The Balaban J connectivity index is 1.58. The number of methoxy groups -OCH3 is 1. The summed E-state index contributed by atoms with van der Waals surface area (Å²) >= 11 is 0. The highest BCUT2D eigenvalue weighted by Crippen LogP contribution is 2.25. The maximum Gasteiger partial charge on any atom is 0.264 e. The van der Waals surface area contributed by atoms with E-state index in [1.165, 1.54) is 7.11 Å². The van der Waals surface area contributed by atoms with Crippen molar-refractivity contribution in [2.75, 3.05) is 19.0 Å². The number of carbonyl (C=O) groups excluding carboxylic acids is 1. The molecule has 0 saturated heterocycles. The highest BCUT2D eigenvalue weighted by molar-refractivity contribution is 5.91. The summed E-state index contributed by atoms with van der Waals surface area (Å²) in [6, 6.07) is 12.4. The molecule has 0 bridgehead atoms. The van der Waals surface area contributed by atoms with E-state index in [9.17, 15) is 4.79 Å². The fourth-order valence-corrected chi connectivity index (χ4v) is 2.04. The number of para-hydroxylation sites is 2. The lowest BCUT2D eigenvalue weighted by molar-refractivity contribution is -0.118. The van der Waals surface area contributed by atoms with E-state index >= 15 is 0 Å². The number of benzene rings is 1. The Morgan fingerprint density at radius 1 is 1.21 bits per heavy atom. The van der Waals surface area contributed by atoms with Gasteiger partial charge >= 0.3 is 0 Å². The Hall–Kier alpha value is -3.35. The van der Waals surface area contributed by atoms with Gasteiger partial charge in [-0.2, -0.15) is 0 Å². The molecule has 3 aromatic rings. The van der Waals surface area contributed by atoms with Crippen LogP contribution in [0.3, 0.4) is 0 Å². The second-order valence-electron chi connectivity index (χ2n) is 4.81. The van der Waals surface area contributed by atoms with E-state index in [-0.39, 0.29) is 18.4 Å². The normalized spacial score (nSPS) is 10.2. The Morgan fingerprint density at radius 2 is 2.04 bits per heavy atom. The number of aromatic nitrogens is 2. The molecule has 0 spiro atoms. The zero-order valence-electron chi connectivity index (χ0n) is 12.9. The fourth-order valence-electron chi connectivity index (χ4n) is 2.04. The second-order valence-corrected chi connectivity index (χ2v) is 4.81. The van der Waals surface area contributed by atoms with Crippen LogP contribution in [0.4, 0.5) is 5.88 Å². The molecule has 0 aliphatic heterocycles. The van der Waals surface area contributed by atoms with Gasteiger partial charge in [-0.3, -0.25) is 15.1 Å². The van der Waals surface area contributed by atoms with Gasteiger partial charge in [0.25, 0.3) is 5.91 Å². The minimum absolute atomic E-state index is 0.177. The molecule has 1 amide bonds. The predicted molar refractivity (Wildman–Crippen MR) is 86.9 cm³/mol. The lowest BCUT2D eigenvalue weighted by atomic mass is 10.2. The fraction of sp³-hybridized carbons (Fsp3) is 0.118. The Labute approximate surface area is 138 Å². The summed E-state index contributed by atoms with van der Waals surface area (Å²) in [6.07, 6.45) is 3.33. The van der Waals surface area contributed by atoms with Gasteiger partial charge < -0.3 is 14.0 Å². The largest absolute Gasteiger partial charge is 0.493 e. The number of ether oxygens (including phenoxy) is 2. The lowest BCUT2D eigenvalue weighted by Gasteiger charge is -2.09. The predicted octanol–water partition coefficient (Wildman–Crippen LogP) is 2.76. The molecule has 0 fully saturated rings. The number of hydrogen-bond donors (Lipinski definition) is 1. The first kappa shape index (κ1) is 15.5. The summed E-state index contributed by atoms with van der Waals surface area (Å²) in [7, 11) is 1.54. The van der Waals surface area contributed by atoms with Crippen LogP contribution < -0.4 is 14.8 Å². The van der Waals surface area contributed by atoms with Crippen LogP contribution in [0, 0.1) is 0 Å². The molecule has 2 aromatic heterocycles. The molecular formula is C17H15N3O4. The van der Waals surface area contributed by atoms with E-state index in [1.807, 2.05) is 12.1 Å². The molecule has 0 aliphatic rings. The number of rotatable bonds is 6. The van der Waals surface area contributed by atoms with Gasteiger partial charge in [0.05, 0.1) is 7.11 Å². The molecule has 0 radical (unpaired) electrons. The lowest BCUT2D eigenvalue weighted by Crippen LogP contribution is -2.20. The van der Waals surface area contributed by atoms with Crippen molar-refractivity contribution < 1.29 is 18.8 Å². The third-order valence-corrected chi connectivity index (χ3v) is 3.16. The SMILES string of the molecule is COc1ccccc1OCC(=O)Nc1cc(-c2cccnc2)no1. The van der Waals surface area contributed by atoms with E-state index in [4.69, 9.17) is 14.0 Å². The number of nitrogens with one attached hydrogen (secondary N) is 1. The van der Waals surface area contributed by atoms with Gasteiger partial charge in [-0.1, -0.05) is 17.3 Å². The third-order valence-electron chi connectivity index (χ3n) is 3.16. The van der Waals surface area contributed by atoms with Crippen LogP contribution in [0.1, 0.15) is 0 Å². The monoisotopic (exact) mass is 325 g/mol. The van der Waals surface area contributed by atoms with Crippen LogP contribution in [-0.4, -0.2) is 29.8 Å². The van der Waals surface area contributed by atoms with Gasteiger partial charge in [-0.05, 0) is 24.3 Å². The second kappa shape index (κ2) is 7.28. The zero-order chi connectivity index (χ0) is 16.8. The van der Waals surface area contributed by atoms with E-state index in [2.05, 4.69) is 15.5 Å². The Bertz CT molecular complexity index is 817. The minimum atomic E-state index is -0.366. The molecule has 7 nitrogen and oxygen atoms in total. The molecule has 122 valence electrons. The van der Waals surface area contributed by atoms with Crippen LogP contribution in [0.5, 0.6) is 11.5 Å². The van der Waals surface area contributed by atoms with Gasteiger partial charge in [0.15, 0.2) is 18.1 Å². The van der Waals surface area contributed by atoms with E-state index < -0.39 is 0 Å². The molecule has 24 heavy (non-hydrogen) atoms. The van der Waals surface area contributed by atoms with Crippen LogP contribution in [0.2, 0.25) is 0 Å². The number of hydrogen-bond acceptors (Lipinski definition) is 6. The standard InChI is InChI=1S/C17H15N3O4/c1-22-14-6-2-3-7-15(14)23-11-16(21)19-17-9-13(20-24-17)12-5-4-8-18-10-12/h2-10H,11H2,1H3,(H,19,21). The molecule has 1 N–H and O–H groups in total. The summed E-state index contributed by atoms with van der Waals surface area (Å²) in [5, 5.41) is 6.48. The van der Waals surface area contributed by atoms with Crippen LogP contribution in [0.15, 0.2) is 59.4 Å². The Kier molecular flexibility index (Phi) is 4.71.